The highest BCUT2D eigenvalue weighted by atomic mass is 19.1. The summed E-state index contributed by atoms with van der Waals surface area (Å²) in [6, 6.07) is 13.4. The molecule has 0 bridgehead atoms. The molecule has 0 unspecified atom stereocenters. The summed E-state index contributed by atoms with van der Waals surface area (Å²) in [5.74, 6) is -0.296. The molecule has 0 amide bonds. The largest absolute Gasteiger partial charge is 0.297 e. The predicted octanol–water partition coefficient (Wildman–Crippen LogP) is 2.38. The SMILES string of the molecule is O=C(Cc1ccc(F)cc1)Cn1nnc2ccccc21. The number of aromatic nitrogens is 3. The van der Waals surface area contributed by atoms with E-state index >= 15 is 0 Å². The van der Waals surface area contributed by atoms with Crippen LogP contribution in [-0.2, 0) is 17.8 Å². The summed E-state index contributed by atoms with van der Waals surface area (Å²) in [4.78, 5) is 12.0. The summed E-state index contributed by atoms with van der Waals surface area (Å²) in [7, 11) is 0. The zero-order valence-electron chi connectivity index (χ0n) is 10.7. The number of Topliss-reactive ketones (excluding diaryl/α,β-unsaturated/α-hetero) is 1. The van der Waals surface area contributed by atoms with Gasteiger partial charge in [0.15, 0.2) is 5.78 Å². The molecule has 0 saturated carbocycles. The Bertz CT molecular complexity index is 749. The third-order valence-corrected chi connectivity index (χ3v) is 3.06. The minimum absolute atomic E-state index is 0.00672. The number of fused-ring (bicyclic) bond motifs is 1. The number of carbonyl (C=O) groups excluding carboxylic acids is 1. The van der Waals surface area contributed by atoms with Gasteiger partial charge in [0, 0.05) is 6.42 Å². The van der Waals surface area contributed by atoms with Crippen molar-refractivity contribution in [1.82, 2.24) is 15.0 Å². The minimum Gasteiger partial charge on any atom is -0.297 e. The molecule has 100 valence electrons. The molecule has 5 heteroatoms. The van der Waals surface area contributed by atoms with Gasteiger partial charge < -0.3 is 0 Å². The molecule has 0 aliphatic carbocycles. The molecule has 0 N–H and O–H groups in total. The van der Waals surface area contributed by atoms with Crippen LogP contribution in [-0.4, -0.2) is 20.8 Å². The lowest BCUT2D eigenvalue weighted by molar-refractivity contribution is -0.119. The molecule has 0 spiro atoms. The molecule has 3 aromatic rings. The maximum absolute atomic E-state index is 12.8. The van der Waals surface area contributed by atoms with Crippen molar-refractivity contribution in [3.63, 3.8) is 0 Å². The first-order chi connectivity index (χ1) is 9.72. The molecule has 4 nitrogen and oxygen atoms in total. The van der Waals surface area contributed by atoms with Crippen LogP contribution >= 0.6 is 0 Å². The van der Waals surface area contributed by atoms with Crippen LogP contribution in [0.4, 0.5) is 4.39 Å². The predicted molar refractivity (Wildman–Crippen MR) is 72.6 cm³/mol. The first-order valence-corrected chi connectivity index (χ1v) is 6.27. The maximum Gasteiger partial charge on any atom is 0.158 e. The summed E-state index contributed by atoms with van der Waals surface area (Å²) in [6.45, 7) is 0.165. The second-order valence-electron chi connectivity index (χ2n) is 4.58. The molecular formula is C15H12FN3O. The standard InChI is InChI=1S/C15H12FN3O/c16-12-7-5-11(6-8-12)9-13(20)10-19-15-4-2-1-3-14(15)17-18-19/h1-8H,9-10H2. The normalized spacial score (nSPS) is 10.8. The van der Waals surface area contributed by atoms with Crippen LogP contribution < -0.4 is 0 Å². The lowest BCUT2D eigenvalue weighted by Crippen LogP contribution is -2.13. The van der Waals surface area contributed by atoms with Gasteiger partial charge in [-0.3, -0.25) is 4.79 Å². The van der Waals surface area contributed by atoms with E-state index in [0.717, 1.165) is 16.6 Å². The number of benzene rings is 2. The van der Waals surface area contributed by atoms with E-state index < -0.39 is 0 Å². The van der Waals surface area contributed by atoms with E-state index in [-0.39, 0.29) is 24.6 Å². The third kappa shape index (κ3) is 2.56. The van der Waals surface area contributed by atoms with Crippen LogP contribution in [0.15, 0.2) is 48.5 Å². The van der Waals surface area contributed by atoms with Crippen molar-refractivity contribution in [3.05, 3.63) is 59.9 Å². The number of nitrogens with zero attached hydrogens (tertiary/aromatic N) is 3. The highest BCUT2D eigenvalue weighted by molar-refractivity contribution is 5.82. The maximum atomic E-state index is 12.8. The average molecular weight is 269 g/mol. The Morgan fingerprint density at radius 2 is 1.85 bits per heavy atom. The molecule has 0 fully saturated rings. The fourth-order valence-corrected chi connectivity index (χ4v) is 2.09. The van der Waals surface area contributed by atoms with Gasteiger partial charge in [0.1, 0.15) is 17.9 Å². The van der Waals surface area contributed by atoms with Crippen LogP contribution in [0.25, 0.3) is 11.0 Å². The van der Waals surface area contributed by atoms with Gasteiger partial charge in [0.05, 0.1) is 5.52 Å². The molecule has 2 aromatic carbocycles. The second kappa shape index (κ2) is 5.21. The van der Waals surface area contributed by atoms with Crippen molar-refractivity contribution in [2.75, 3.05) is 0 Å². The lowest BCUT2D eigenvalue weighted by Gasteiger charge is -2.02. The highest BCUT2D eigenvalue weighted by Gasteiger charge is 2.09. The summed E-state index contributed by atoms with van der Waals surface area (Å²) in [5.41, 5.74) is 2.39. The van der Waals surface area contributed by atoms with Crippen molar-refractivity contribution in [2.45, 2.75) is 13.0 Å². The number of rotatable bonds is 4. The molecule has 0 saturated heterocycles. The van der Waals surface area contributed by atoms with Gasteiger partial charge in [-0.1, -0.05) is 29.5 Å². The fraction of sp³-hybridized carbons (Fsp3) is 0.133. The molecule has 0 aliphatic heterocycles. The van der Waals surface area contributed by atoms with Crippen LogP contribution in [0.1, 0.15) is 5.56 Å². The molecule has 1 aromatic heterocycles. The Hall–Kier alpha value is -2.56. The van der Waals surface area contributed by atoms with Gasteiger partial charge in [-0.25, -0.2) is 9.07 Å². The van der Waals surface area contributed by atoms with Crippen molar-refractivity contribution < 1.29 is 9.18 Å². The van der Waals surface area contributed by atoms with Gasteiger partial charge >= 0.3 is 0 Å². The Kier molecular flexibility index (Phi) is 3.25. The number of carbonyl (C=O) groups is 1. The van der Waals surface area contributed by atoms with Crippen molar-refractivity contribution in [1.29, 1.82) is 0 Å². The Labute approximate surface area is 114 Å². The van der Waals surface area contributed by atoms with E-state index in [9.17, 15) is 9.18 Å². The Morgan fingerprint density at radius 3 is 2.65 bits per heavy atom. The topological polar surface area (TPSA) is 47.8 Å². The van der Waals surface area contributed by atoms with Crippen LogP contribution in [0.5, 0.6) is 0 Å². The zero-order valence-corrected chi connectivity index (χ0v) is 10.7. The number of para-hydroxylation sites is 1. The molecule has 3 rings (SSSR count). The number of hydrogen-bond donors (Lipinski definition) is 0. The zero-order chi connectivity index (χ0) is 13.9. The number of halogens is 1. The number of ketones is 1. The quantitative estimate of drug-likeness (QED) is 0.730. The van der Waals surface area contributed by atoms with Gasteiger partial charge in [-0.2, -0.15) is 0 Å². The van der Waals surface area contributed by atoms with Gasteiger partial charge in [-0.15, -0.1) is 5.10 Å². The molecule has 20 heavy (non-hydrogen) atoms. The van der Waals surface area contributed by atoms with Gasteiger partial charge in [-0.05, 0) is 29.8 Å². The van der Waals surface area contributed by atoms with Gasteiger partial charge in [0.2, 0.25) is 0 Å². The van der Waals surface area contributed by atoms with E-state index in [2.05, 4.69) is 10.3 Å². The van der Waals surface area contributed by atoms with Gasteiger partial charge in [0.25, 0.3) is 0 Å². The smallest absolute Gasteiger partial charge is 0.158 e. The van der Waals surface area contributed by atoms with Crippen LogP contribution in [0.3, 0.4) is 0 Å². The first-order valence-electron chi connectivity index (χ1n) is 6.27. The molecular weight excluding hydrogens is 257 g/mol. The van der Waals surface area contributed by atoms with E-state index in [0.29, 0.717) is 0 Å². The highest BCUT2D eigenvalue weighted by Crippen LogP contribution is 2.10. The van der Waals surface area contributed by atoms with Crippen molar-refractivity contribution in [3.8, 4) is 0 Å². The van der Waals surface area contributed by atoms with E-state index in [4.69, 9.17) is 0 Å². The number of hydrogen-bond acceptors (Lipinski definition) is 3. The lowest BCUT2D eigenvalue weighted by atomic mass is 10.1. The Balaban J connectivity index is 1.74. The van der Waals surface area contributed by atoms with E-state index in [1.165, 1.54) is 12.1 Å². The second-order valence-corrected chi connectivity index (χ2v) is 4.58. The minimum atomic E-state index is -0.302. The van der Waals surface area contributed by atoms with Crippen LogP contribution in [0, 0.1) is 5.82 Å². The van der Waals surface area contributed by atoms with Crippen LogP contribution in [0.2, 0.25) is 0 Å². The summed E-state index contributed by atoms with van der Waals surface area (Å²) >= 11 is 0. The van der Waals surface area contributed by atoms with Crippen molar-refractivity contribution in [2.24, 2.45) is 0 Å². The third-order valence-electron chi connectivity index (χ3n) is 3.06. The summed E-state index contributed by atoms with van der Waals surface area (Å²) in [6.07, 6.45) is 0.258. The molecule has 0 atom stereocenters. The van der Waals surface area contributed by atoms with Crippen molar-refractivity contribution >= 4 is 16.8 Å². The monoisotopic (exact) mass is 269 g/mol. The average Bonchev–Trinajstić information content (AvgIpc) is 2.85. The summed E-state index contributed by atoms with van der Waals surface area (Å²) < 4.78 is 14.4. The molecule has 0 aliphatic rings. The molecule has 0 radical (unpaired) electrons. The molecule has 1 heterocycles. The fourth-order valence-electron chi connectivity index (χ4n) is 2.09. The van der Waals surface area contributed by atoms with E-state index in [1.54, 1.807) is 16.8 Å². The van der Waals surface area contributed by atoms with E-state index in [1.807, 2.05) is 24.3 Å². The Morgan fingerprint density at radius 1 is 1.10 bits per heavy atom. The first kappa shape index (κ1) is 12.5. The summed E-state index contributed by atoms with van der Waals surface area (Å²) in [5, 5.41) is 7.98.